The number of carboxylic acids is 1. The van der Waals surface area contributed by atoms with Crippen LogP contribution in [-0.4, -0.2) is 65.8 Å². The third kappa shape index (κ3) is 3.23. The molecule has 114 valence electrons. The van der Waals surface area contributed by atoms with Crippen LogP contribution in [-0.2, 0) is 9.53 Å². The van der Waals surface area contributed by atoms with Crippen LogP contribution >= 0.6 is 0 Å². The highest BCUT2D eigenvalue weighted by atomic mass is 16.5. The number of likely N-dealkylation sites (tertiary alicyclic amines) is 1. The van der Waals surface area contributed by atoms with Crippen molar-refractivity contribution in [2.75, 3.05) is 26.8 Å². The molecule has 6 heteroatoms. The zero-order chi connectivity index (χ0) is 14.7. The van der Waals surface area contributed by atoms with Crippen LogP contribution in [0.5, 0.6) is 0 Å². The summed E-state index contributed by atoms with van der Waals surface area (Å²) >= 11 is 0. The van der Waals surface area contributed by atoms with E-state index in [1.807, 2.05) is 0 Å². The number of amides is 2. The summed E-state index contributed by atoms with van der Waals surface area (Å²) in [6.45, 7) is 3.60. The Kier molecular flexibility index (Phi) is 4.86. The quantitative estimate of drug-likeness (QED) is 0.800. The number of methoxy groups -OCH3 is 1. The molecule has 0 aromatic carbocycles. The van der Waals surface area contributed by atoms with Gasteiger partial charge in [0, 0.05) is 26.2 Å². The van der Waals surface area contributed by atoms with E-state index >= 15 is 0 Å². The molecule has 1 saturated carbocycles. The summed E-state index contributed by atoms with van der Waals surface area (Å²) in [5.74, 6) is -0.344. The molecule has 0 radical (unpaired) electrons. The molecule has 0 spiro atoms. The van der Waals surface area contributed by atoms with Gasteiger partial charge in [0.2, 0.25) is 0 Å². The lowest BCUT2D eigenvalue weighted by molar-refractivity contribution is -0.141. The molecule has 2 amide bonds. The number of ether oxygens (including phenoxy) is 1. The minimum absolute atomic E-state index is 0.147. The predicted molar refractivity (Wildman–Crippen MR) is 73.5 cm³/mol. The van der Waals surface area contributed by atoms with Crippen LogP contribution < -0.4 is 0 Å². The molecule has 1 N–H and O–H groups in total. The molecule has 1 heterocycles. The third-order valence-electron chi connectivity index (χ3n) is 4.36. The molecule has 2 unspecified atom stereocenters. The van der Waals surface area contributed by atoms with Gasteiger partial charge in [0.15, 0.2) is 0 Å². The van der Waals surface area contributed by atoms with Gasteiger partial charge in [0.05, 0.1) is 6.61 Å². The molecule has 2 atom stereocenters. The number of carbonyl (C=O) groups is 2. The van der Waals surface area contributed by atoms with E-state index in [1.165, 1.54) is 4.90 Å². The summed E-state index contributed by atoms with van der Waals surface area (Å²) in [4.78, 5) is 27.2. The topological polar surface area (TPSA) is 70.1 Å². The van der Waals surface area contributed by atoms with Gasteiger partial charge in [-0.3, -0.25) is 0 Å². The van der Waals surface area contributed by atoms with Crippen LogP contribution in [0.15, 0.2) is 0 Å². The molecule has 0 bridgehead atoms. The molecule has 2 aliphatic rings. The predicted octanol–water partition coefficient (Wildman–Crippen LogP) is 1.40. The fourth-order valence-electron chi connectivity index (χ4n) is 2.91. The number of nitrogens with zero attached hydrogens (tertiary/aromatic N) is 2. The number of hydrogen-bond donors (Lipinski definition) is 1. The Morgan fingerprint density at radius 3 is 2.65 bits per heavy atom. The monoisotopic (exact) mass is 284 g/mol. The maximum atomic E-state index is 12.7. The SMILES string of the molecule is COCCN(C(=O)N1CCCC1C(=O)O)C(C)C1CC1. The normalized spacial score (nSPS) is 23.7. The summed E-state index contributed by atoms with van der Waals surface area (Å²) < 4.78 is 5.08. The summed E-state index contributed by atoms with van der Waals surface area (Å²) in [7, 11) is 1.61. The standard InChI is InChI=1S/C14H24N2O4/c1-10(11-5-6-11)15(8-9-20-2)14(19)16-7-3-4-12(16)13(17)18/h10-12H,3-9H2,1-2H3,(H,17,18). The second-order valence-corrected chi connectivity index (χ2v) is 5.74. The van der Waals surface area contributed by atoms with Crippen molar-refractivity contribution in [2.45, 2.75) is 44.7 Å². The highest BCUT2D eigenvalue weighted by molar-refractivity contribution is 5.83. The van der Waals surface area contributed by atoms with Gasteiger partial charge in [0.1, 0.15) is 6.04 Å². The average Bonchev–Trinajstić information content (AvgIpc) is 3.15. The molecule has 2 fully saturated rings. The van der Waals surface area contributed by atoms with E-state index in [0.29, 0.717) is 32.0 Å². The van der Waals surface area contributed by atoms with Gasteiger partial charge in [-0.05, 0) is 38.5 Å². The van der Waals surface area contributed by atoms with Crippen molar-refractivity contribution in [2.24, 2.45) is 5.92 Å². The maximum absolute atomic E-state index is 12.7. The molecule has 6 nitrogen and oxygen atoms in total. The van der Waals surface area contributed by atoms with E-state index in [1.54, 1.807) is 12.0 Å². The van der Waals surface area contributed by atoms with E-state index < -0.39 is 12.0 Å². The summed E-state index contributed by atoms with van der Waals surface area (Å²) in [6, 6.07) is -0.655. The first-order valence-corrected chi connectivity index (χ1v) is 7.35. The first-order chi connectivity index (χ1) is 9.56. The zero-order valence-corrected chi connectivity index (χ0v) is 12.2. The summed E-state index contributed by atoms with van der Waals surface area (Å²) in [5.41, 5.74) is 0. The maximum Gasteiger partial charge on any atom is 0.326 e. The Labute approximate surface area is 119 Å². The van der Waals surface area contributed by atoms with Crippen molar-refractivity contribution >= 4 is 12.0 Å². The van der Waals surface area contributed by atoms with Crippen LogP contribution in [0, 0.1) is 5.92 Å². The number of carboxylic acid groups (broad SMARTS) is 1. The van der Waals surface area contributed by atoms with E-state index in [0.717, 1.165) is 19.3 Å². The van der Waals surface area contributed by atoms with Crippen molar-refractivity contribution in [3.8, 4) is 0 Å². The van der Waals surface area contributed by atoms with Crippen LogP contribution in [0.1, 0.15) is 32.6 Å². The van der Waals surface area contributed by atoms with Crippen molar-refractivity contribution < 1.29 is 19.4 Å². The second kappa shape index (κ2) is 6.43. The van der Waals surface area contributed by atoms with Gasteiger partial charge in [-0.1, -0.05) is 0 Å². The second-order valence-electron chi connectivity index (χ2n) is 5.74. The molecule has 2 rings (SSSR count). The molecule has 1 aliphatic carbocycles. The van der Waals surface area contributed by atoms with Crippen molar-refractivity contribution in [3.05, 3.63) is 0 Å². The number of urea groups is 1. The molecule has 1 saturated heterocycles. The molecular formula is C14H24N2O4. The summed E-state index contributed by atoms with van der Waals surface area (Å²) in [5, 5.41) is 9.21. The fraction of sp³-hybridized carbons (Fsp3) is 0.857. The Balaban J connectivity index is 2.06. The lowest BCUT2D eigenvalue weighted by Crippen LogP contribution is -2.52. The molecule has 20 heavy (non-hydrogen) atoms. The lowest BCUT2D eigenvalue weighted by atomic mass is 10.2. The Morgan fingerprint density at radius 2 is 2.10 bits per heavy atom. The van der Waals surface area contributed by atoms with Crippen LogP contribution in [0.3, 0.4) is 0 Å². The van der Waals surface area contributed by atoms with Gasteiger partial charge < -0.3 is 19.6 Å². The number of carbonyl (C=O) groups excluding carboxylic acids is 1. The van der Waals surface area contributed by atoms with Gasteiger partial charge in [0.25, 0.3) is 0 Å². The highest BCUT2D eigenvalue weighted by Crippen LogP contribution is 2.36. The van der Waals surface area contributed by atoms with Gasteiger partial charge in [-0.25, -0.2) is 9.59 Å². The van der Waals surface area contributed by atoms with Crippen LogP contribution in [0.25, 0.3) is 0 Å². The number of hydrogen-bond acceptors (Lipinski definition) is 3. The first kappa shape index (κ1) is 15.1. The molecular weight excluding hydrogens is 260 g/mol. The number of rotatable bonds is 6. The third-order valence-corrected chi connectivity index (χ3v) is 4.36. The van der Waals surface area contributed by atoms with Gasteiger partial charge >= 0.3 is 12.0 Å². The van der Waals surface area contributed by atoms with Crippen molar-refractivity contribution in [3.63, 3.8) is 0 Å². The van der Waals surface area contributed by atoms with Crippen LogP contribution in [0.4, 0.5) is 4.79 Å². The largest absolute Gasteiger partial charge is 0.480 e. The Hall–Kier alpha value is -1.30. The Morgan fingerprint density at radius 1 is 1.40 bits per heavy atom. The minimum atomic E-state index is -0.901. The highest BCUT2D eigenvalue weighted by Gasteiger charge is 2.40. The molecule has 0 aromatic rings. The van der Waals surface area contributed by atoms with E-state index in [-0.39, 0.29) is 12.1 Å². The van der Waals surface area contributed by atoms with E-state index in [4.69, 9.17) is 4.74 Å². The number of aliphatic carboxylic acids is 1. The molecule has 1 aliphatic heterocycles. The van der Waals surface area contributed by atoms with Gasteiger partial charge in [-0.2, -0.15) is 0 Å². The Bertz CT molecular complexity index is 370. The lowest BCUT2D eigenvalue weighted by Gasteiger charge is -2.34. The smallest absolute Gasteiger partial charge is 0.326 e. The van der Waals surface area contributed by atoms with E-state index in [2.05, 4.69) is 6.92 Å². The minimum Gasteiger partial charge on any atom is -0.480 e. The van der Waals surface area contributed by atoms with Crippen molar-refractivity contribution in [1.82, 2.24) is 9.80 Å². The first-order valence-electron chi connectivity index (χ1n) is 7.35. The summed E-state index contributed by atoms with van der Waals surface area (Å²) in [6.07, 6.45) is 3.62. The van der Waals surface area contributed by atoms with Crippen LogP contribution in [0.2, 0.25) is 0 Å². The fourth-order valence-corrected chi connectivity index (χ4v) is 2.91. The van der Waals surface area contributed by atoms with E-state index in [9.17, 15) is 14.7 Å². The molecule has 0 aromatic heterocycles. The van der Waals surface area contributed by atoms with Gasteiger partial charge in [-0.15, -0.1) is 0 Å². The zero-order valence-electron chi connectivity index (χ0n) is 12.2. The van der Waals surface area contributed by atoms with Crippen molar-refractivity contribution in [1.29, 1.82) is 0 Å². The average molecular weight is 284 g/mol.